The van der Waals surface area contributed by atoms with Gasteiger partial charge in [0.15, 0.2) is 0 Å². The van der Waals surface area contributed by atoms with Gasteiger partial charge in [0.05, 0.1) is 0 Å². The second-order valence-electron chi connectivity index (χ2n) is 9.18. The van der Waals surface area contributed by atoms with Crippen LogP contribution in [0.25, 0.3) is 11.1 Å². The highest BCUT2D eigenvalue weighted by atomic mass is 14.5. The molecule has 0 heteroatoms. The standard InChI is InChI=1S/C30H28/c1-3-11-21(12-4-1)27-19-29-26-18-10-8-16-24(26)28(22-13-5-2-6-14-22)20-30(29)25-17-9-7-15-23(25)27/h1-7,9,11-15,17,19-20,24,26,29-30H,8,10,16,18H2/t24-,26+,29-,30+/m1/s1. The zero-order valence-electron chi connectivity index (χ0n) is 17.4. The molecular formula is C30H28. The minimum absolute atomic E-state index is 0.489. The summed E-state index contributed by atoms with van der Waals surface area (Å²) in [7, 11) is 0. The molecule has 0 N–H and O–H groups in total. The summed E-state index contributed by atoms with van der Waals surface area (Å²) in [6, 6.07) is 31.3. The minimum atomic E-state index is 0.489. The van der Waals surface area contributed by atoms with Crippen molar-refractivity contribution < 1.29 is 0 Å². The topological polar surface area (TPSA) is 0 Å². The van der Waals surface area contributed by atoms with Crippen molar-refractivity contribution in [2.24, 2.45) is 17.8 Å². The molecule has 0 bridgehead atoms. The first-order valence-electron chi connectivity index (χ1n) is 11.5. The van der Waals surface area contributed by atoms with Crippen molar-refractivity contribution >= 4 is 11.1 Å². The van der Waals surface area contributed by atoms with Crippen LogP contribution in [-0.2, 0) is 0 Å². The summed E-state index contributed by atoms with van der Waals surface area (Å²) in [5.74, 6) is 2.54. The van der Waals surface area contributed by atoms with E-state index in [9.17, 15) is 0 Å². The van der Waals surface area contributed by atoms with Crippen molar-refractivity contribution in [3.05, 3.63) is 119 Å². The van der Waals surface area contributed by atoms with E-state index >= 15 is 0 Å². The highest BCUT2D eigenvalue weighted by molar-refractivity contribution is 5.85. The van der Waals surface area contributed by atoms with Gasteiger partial charge in [-0.3, -0.25) is 0 Å². The molecule has 0 saturated heterocycles. The third-order valence-electron chi connectivity index (χ3n) is 7.65. The number of hydrogen-bond acceptors (Lipinski definition) is 0. The summed E-state index contributed by atoms with van der Waals surface area (Å²) in [6.45, 7) is 0. The Morgan fingerprint density at radius 2 is 1.27 bits per heavy atom. The van der Waals surface area contributed by atoms with Gasteiger partial charge in [-0.1, -0.05) is 110 Å². The van der Waals surface area contributed by atoms with Gasteiger partial charge < -0.3 is 0 Å². The third kappa shape index (κ3) is 2.89. The molecule has 0 amide bonds. The summed E-state index contributed by atoms with van der Waals surface area (Å²) >= 11 is 0. The summed E-state index contributed by atoms with van der Waals surface area (Å²) < 4.78 is 0. The number of benzene rings is 3. The summed E-state index contributed by atoms with van der Waals surface area (Å²) in [5, 5.41) is 0. The lowest BCUT2D eigenvalue weighted by Crippen LogP contribution is -2.35. The SMILES string of the molecule is C1=C(c2ccccc2)c2ccccc2[C@@H]2C=C(c3ccccc3)[C@@H]3CCCC[C@@H]3[C@@H]12. The summed E-state index contributed by atoms with van der Waals surface area (Å²) in [5.41, 5.74) is 8.77. The van der Waals surface area contributed by atoms with Crippen LogP contribution in [0.4, 0.5) is 0 Å². The minimum Gasteiger partial charge on any atom is -0.0723 e. The molecule has 148 valence electrons. The molecule has 30 heavy (non-hydrogen) atoms. The van der Waals surface area contributed by atoms with Crippen LogP contribution in [0.15, 0.2) is 97.1 Å². The summed E-state index contributed by atoms with van der Waals surface area (Å²) in [6.07, 6.45) is 10.7. The molecule has 0 unspecified atom stereocenters. The van der Waals surface area contributed by atoms with E-state index in [4.69, 9.17) is 0 Å². The van der Waals surface area contributed by atoms with E-state index in [0.29, 0.717) is 17.8 Å². The second-order valence-corrected chi connectivity index (χ2v) is 9.18. The molecule has 3 aliphatic carbocycles. The predicted octanol–water partition coefficient (Wildman–Crippen LogP) is 7.74. The highest BCUT2D eigenvalue weighted by Crippen LogP contribution is 2.56. The molecule has 3 aromatic carbocycles. The van der Waals surface area contributed by atoms with E-state index < -0.39 is 0 Å². The van der Waals surface area contributed by atoms with E-state index in [1.807, 2.05) is 0 Å². The van der Waals surface area contributed by atoms with Crippen LogP contribution >= 0.6 is 0 Å². The van der Waals surface area contributed by atoms with Crippen molar-refractivity contribution in [2.45, 2.75) is 31.6 Å². The lowest BCUT2D eigenvalue weighted by molar-refractivity contribution is 0.207. The van der Waals surface area contributed by atoms with Gasteiger partial charge in [0.1, 0.15) is 0 Å². The fraction of sp³-hybridized carbons (Fsp3) is 0.267. The molecular weight excluding hydrogens is 360 g/mol. The van der Waals surface area contributed by atoms with Crippen LogP contribution < -0.4 is 0 Å². The molecule has 0 heterocycles. The van der Waals surface area contributed by atoms with Crippen LogP contribution in [-0.4, -0.2) is 0 Å². The molecule has 1 saturated carbocycles. The molecule has 0 nitrogen and oxygen atoms in total. The van der Waals surface area contributed by atoms with Gasteiger partial charge in [0, 0.05) is 5.92 Å². The smallest absolute Gasteiger partial charge is 0.00962 e. The Bertz CT molecular complexity index is 1100. The second kappa shape index (κ2) is 7.43. The number of rotatable bonds is 2. The van der Waals surface area contributed by atoms with Gasteiger partial charge in [-0.25, -0.2) is 0 Å². The van der Waals surface area contributed by atoms with Gasteiger partial charge in [-0.15, -0.1) is 0 Å². The Balaban J connectivity index is 1.55. The number of hydrogen-bond donors (Lipinski definition) is 0. The molecule has 4 atom stereocenters. The first-order chi connectivity index (χ1) is 14.9. The fourth-order valence-corrected chi connectivity index (χ4v) is 6.35. The van der Waals surface area contributed by atoms with Gasteiger partial charge in [0.25, 0.3) is 0 Å². The normalized spacial score (nSPS) is 27.2. The van der Waals surface area contributed by atoms with Crippen molar-refractivity contribution in [3.63, 3.8) is 0 Å². The fourth-order valence-electron chi connectivity index (χ4n) is 6.35. The number of fused-ring (bicyclic) bond motifs is 5. The molecule has 3 aromatic rings. The van der Waals surface area contributed by atoms with Crippen LogP contribution in [0.1, 0.15) is 53.9 Å². The molecule has 0 aromatic heterocycles. The first-order valence-corrected chi connectivity index (χ1v) is 11.5. The van der Waals surface area contributed by atoms with Crippen LogP contribution in [0, 0.1) is 17.8 Å². The average molecular weight is 389 g/mol. The highest BCUT2D eigenvalue weighted by Gasteiger charge is 2.43. The molecule has 1 fully saturated rings. The molecule has 0 aliphatic heterocycles. The molecule has 0 spiro atoms. The molecule has 3 aliphatic rings. The zero-order chi connectivity index (χ0) is 19.9. The van der Waals surface area contributed by atoms with Crippen LogP contribution in [0.2, 0.25) is 0 Å². The van der Waals surface area contributed by atoms with E-state index in [-0.39, 0.29) is 0 Å². The van der Waals surface area contributed by atoms with Crippen molar-refractivity contribution in [3.8, 4) is 0 Å². The summed E-state index contributed by atoms with van der Waals surface area (Å²) in [4.78, 5) is 0. The van der Waals surface area contributed by atoms with E-state index in [0.717, 1.165) is 5.92 Å². The van der Waals surface area contributed by atoms with Gasteiger partial charge >= 0.3 is 0 Å². The Morgan fingerprint density at radius 3 is 2.07 bits per heavy atom. The van der Waals surface area contributed by atoms with Crippen molar-refractivity contribution in [1.82, 2.24) is 0 Å². The first kappa shape index (κ1) is 18.0. The van der Waals surface area contributed by atoms with E-state index in [1.54, 1.807) is 5.57 Å². The van der Waals surface area contributed by atoms with Gasteiger partial charge in [-0.05, 0) is 64.0 Å². The van der Waals surface area contributed by atoms with Crippen molar-refractivity contribution in [2.75, 3.05) is 0 Å². The van der Waals surface area contributed by atoms with Gasteiger partial charge in [0.2, 0.25) is 0 Å². The molecule has 6 rings (SSSR count). The monoisotopic (exact) mass is 388 g/mol. The number of allylic oxidation sites excluding steroid dienone is 3. The largest absolute Gasteiger partial charge is 0.0723 e. The lowest BCUT2D eigenvalue weighted by atomic mass is 9.57. The zero-order valence-corrected chi connectivity index (χ0v) is 17.4. The Labute approximate surface area is 180 Å². The average Bonchev–Trinajstić information content (AvgIpc) is 2.84. The van der Waals surface area contributed by atoms with Crippen LogP contribution in [0.5, 0.6) is 0 Å². The lowest BCUT2D eigenvalue weighted by Gasteiger charge is -2.47. The maximum atomic E-state index is 2.64. The quantitative estimate of drug-likeness (QED) is 0.421. The predicted molar refractivity (Wildman–Crippen MR) is 126 cm³/mol. The Kier molecular flexibility index (Phi) is 4.45. The van der Waals surface area contributed by atoms with Gasteiger partial charge in [-0.2, -0.15) is 0 Å². The molecule has 0 radical (unpaired) electrons. The van der Waals surface area contributed by atoms with E-state index in [1.165, 1.54) is 53.5 Å². The Hall–Kier alpha value is -2.86. The third-order valence-corrected chi connectivity index (χ3v) is 7.65. The maximum absolute atomic E-state index is 2.64. The van der Waals surface area contributed by atoms with Crippen molar-refractivity contribution in [1.29, 1.82) is 0 Å². The van der Waals surface area contributed by atoms with Crippen LogP contribution in [0.3, 0.4) is 0 Å². The maximum Gasteiger partial charge on any atom is 0.00962 e. The van der Waals surface area contributed by atoms with E-state index in [2.05, 4.69) is 97.1 Å². The Morgan fingerprint density at radius 1 is 0.600 bits per heavy atom.